The maximum Gasteiger partial charge on any atom is 0.356 e. The normalized spacial score (nSPS) is 17.1. The van der Waals surface area contributed by atoms with E-state index >= 15 is 0 Å². The molecule has 5 aromatic carbocycles. The second kappa shape index (κ2) is 13.2. The quantitative estimate of drug-likeness (QED) is 0.0855. The third-order valence-corrected chi connectivity index (χ3v) is 9.62. The van der Waals surface area contributed by atoms with Crippen LogP contribution in [0.25, 0.3) is 22.3 Å². The van der Waals surface area contributed by atoms with Crippen LogP contribution in [0.2, 0.25) is 0 Å². The molecule has 1 saturated heterocycles. The molecule has 10 heteroatoms. The van der Waals surface area contributed by atoms with Crippen LogP contribution < -0.4 is 15.5 Å². The van der Waals surface area contributed by atoms with E-state index in [2.05, 4.69) is 5.32 Å². The number of hydrogen-bond acceptors (Lipinski definition) is 4. The number of rotatable bonds is 9. The summed E-state index contributed by atoms with van der Waals surface area (Å²) in [4.78, 5) is 20.9. The monoisotopic (exact) mass is 654 g/mol. The van der Waals surface area contributed by atoms with Crippen LogP contribution in [-0.2, 0) is 4.57 Å². The molecule has 234 valence electrons. The van der Waals surface area contributed by atoms with Gasteiger partial charge in [0.15, 0.2) is 5.11 Å². The minimum atomic E-state index is -4.38. The molecule has 46 heavy (non-hydrogen) atoms. The maximum absolute atomic E-state index is 13.5. The van der Waals surface area contributed by atoms with E-state index < -0.39 is 19.7 Å². The number of nitrogens with zero attached hydrogens (tertiary/aromatic N) is 1. The van der Waals surface area contributed by atoms with Crippen molar-refractivity contribution in [1.29, 1.82) is 0 Å². The second-order valence-electron chi connectivity index (χ2n) is 11.3. The van der Waals surface area contributed by atoms with Gasteiger partial charge in [-0.05, 0) is 95.3 Å². The average Bonchev–Trinajstić information content (AvgIpc) is 3.39. The fraction of sp³-hybridized carbons (Fsp3) is 0.139. The Hall–Kier alpha value is -4.37. The first kappa shape index (κ1) is 31.6. The number of phenols is 1. The molecule has 0 aliphatic carbocycles. The van der Waals surface area contributed by atoms with Gasteiger partial charge in [-0.15, -0.1) is 0 Å². The van der Waals surface area contributed by atoms with E-state index in [0.717, 1.165) is 16.8 Å². The van der Waals surface area contributed by atoms with Crippen LogP contribution in [0.3, 0.4) is 0 Å². The molecule has 0 radical (unpaired) electrons. The largest absolute Gasteiger partial charge is 0.508 e. The fourth-order valence-corrected chi connectivity index (χ4v) is 6.84. The summed E-state index contributed by atoms with van der Waals surface area (Å²) in [7, 11) is -4.38. The molecule has 5 N–H and O–H groups in total. The van der Waals surface area contributed by atoms with E-state index in [1.165, 1.54) is 24.3 Å². The minimum absolute atomic E-state index is 0.0306. The Morgan fingerprint density at radius 1 is 0.804 bits per heavy atom. The number of halogens is 1. The molecule has 1 heterocycles. The standard InChI is InChI=1S/C36H32FN2O5PS/c37-28-13-6-26(7-14-28)33(40)21-20-32-35(31-19-12-27(22-34(31)41)25-10-17-30(18-11-25)45(42,43)44)39(36(46)38-32)29-15-8-24(9-16-29)23-4-2-1-3-5-23/h1-19,22,32-33,35,40-41H,20-21H2,(H,38,46)(H2,42,43,44)/t32-,33?,35+/m0/s1. The van der Waals surface area contributed by atoms with Crippen molar-refractivity contribution < 1.29 is 29.0 Å². The van der Waals surface area contributed by atoms with Gasteiger partial charge in [0.25, 0.3) is 0 Å². The number of aliphatic hydroxyl groups excluding tert-OH is 1. The Labute approximate surface area is 271 Å². The number of aliphatic hydroxyl groups is 1. The lowest BCUT2D eigenvalue weighted by atomic mass is 9.91. The lowest BCUT2D eigenvalue weighted by Gasteiger charge is -2.29. The molecule has 7 nitrogen and oxygen atoms in total. The van der Waals surface area contributed by atoms with Gasteiger partial charge in [-0.25, -0.2) is 4.39 Å². The summed E-state index contributed by atoms with van der Waals surface area (Å²) in [6.45, 7) is 0. The Kier molecular flexibility index (Phi) is 9.04. The molecule has 0 aromatic heterocycles. The number of aromatic hydroxyl groups is 1. The summed E-state index contributed by atoms with van der Waals surface area (Å²) >= 11 is 5.84. The summed E-state index contributed by atoms with van der Waals surface area (Å²) in [5, 5.41) is 26.1. The van der Waals surface area contributed by atoms with Gasteiger partial charge in [-0.1, -0.05) is 78.9 Å². The van der Waals surface area contributed by atoms with Crippen molar-refractivity contribution in [1.82, 2.24) is 5.32 Å². The summed E-state index contributed by atoms with van der Waals surface area (Å²) in [5.41, 5.74) is 5.57. The summed E-state index contributed by atoms with van der Waals surface area (Å²) in [6, 6.07) is 34.4. The van der Waals surface area contributed by atoms with Crippen molar-refractivity contribution >= 4 is 35.9 Å². The highest BCUT2D eigenvalue weighted by atomic mass is 32.1. The van der Waals surface area contributed by atoms with Crippen LogP contribution in [0.4, 0.5) is 10.1 Å². The first-order valence-electron chi connectivity index (χ1n) is 14.8. The van der Waals surface area contributed by atoms with Crippen LogP contribution in [0.1, 0.15) is 36.1 Å². The molecule has 5 aromatic rings. The number of nitrogens with one attached hydrogen (secondary N) is 1. The molecule has 1 fully saturated rings. The van der Waals surface area contributed by atoms with E-state index in [1.54, 1.807) is 30.3 Å². The molecule has 0 bridgehead atoms. The molecule has 6 rings (SSSR count). The number of anilines is 1. The smallest absolute Gasteiger partial charge is 0.356 e. The van der Waals surface area contributed by atoms with Crippen LogP contribution in [0.5, 0.6) is 5.75 Å². The molecule has 3 atom stereocenters. The number of thiocarbonyl (C=S) groups is 1. The molecular weight excluding hydrogens is 622 g/mol. The highest BCUT2D eigenvalue weighted by Crippen LogP contribution is 2.42. The lowest BCUT2D eigenvalue weighted by Crippen LogP contribution is -2.29. The molecule has 1 aliphatic heterocycles. The summed E-state index contributed by atoms with van der Waals surface area (Å²) < 4.78 is 25.1. The van der Waals surface area contributed by atoms with E-state index in [1.807, 2.05) is 71.6 Å². The van der Waals surface area contributed by atoms with Crippen molar-refractivity contribution in [3.63, 3.8) is 0 Å². The third kappa shape index (κ3) is 6.75. The Morgan fingerprint density at radius 3 is 2.02 bits per heavy atom. The zero-order chi connectivity index (χ0) is 32.4. The molecule has 0 amide bonds. The van der Waals surface area contributed by atoms with Gasteiger partial charge in [0.1, 0.15) is 11.6 Å². The molecular formula is C36H32FN2O5PS. The Bertz CT molecular complexity index is 1880. The number of phenolic OH excluding ortho intramolecular Hbond substituents is 1. The fourth-order valence-electron chi connectivity index (χ4n) is 5.93. The van der Waals surface area contributed by atoms with Gasteiger partial charge in [0.2, 0.25) is 0 Å². The van der Waals surface area contributed by atoms with Crippen molar-refractivity contribution in [2.24, 2.45) is 0 Å². The lowest BCUT2D eigenvalue weighted by molar-refractivity contribution is 0.159. The number of hydrogen-bond donors (Lipinski definition) is 5. The average molecular weight is 655 g/mol. The van der Waals surface area contributed by atoms with Crippen molar-refractivity contribution in [2.45, 2.75) is 31.0 Å². The molecule has 0 spiro atoms. The third-order valence-electron chi connectivity index (χ3n) is 8.33. The van der Waals surface area contributed by atoms with Gasteiger partial charge in [0, 0.05) is 11.3 Å². The predicted molar refractivity (Wildman–Crippen MR) is 182 cm³/mol. The highest BCUT2D eigenvalue weighted by molar-refractivity contribution is 7.80. The van der Waals surface area contributed by atoms with Crippen molar-refractivity contribution in [3.05, 3.63) is 138 Å². The van der Waals surface area contributed by atoms with Gasteiger partial charge >= 0.3 is 7.60 Å². The first-order chi connectivity index (χ1) is 22.1. The zero-order valence-corrected chi connectivity index (χ0v) is 26.3. The SMILES string of the molecule is O=P(O)(O)c1ccc(-c2ccc([C@@H]3[C@H](CCC(O)c4ccc(F)cc4)NC(=S)N3c3ccc(-c4ccccc4)cc3)c(O)c2)cc1. The van der Waals surface area contributed by atoms with Crippen molar-refractivity contribution in [3.8, 4) is 28.0 Å². The highest BCUT2D eigenvalue weighted by Gasteiger charge is 2.40. The Balaban J connectivity index is 1.32. The summed E-state index contributed by atoms with van der Waals surface area (Å²) in [5.74, 6) is -0.340. The molecule has 1 aliphatic rings. The van der Waals surface area contributed by atoms with Gasteiger partial charge < -0.3 is 30.2 Å². The zero-order valence-electron chi connectivity index (χ0n) is 24.6. The second-order valence-corrected chi connectivity index (χ2v) is 13.3. The molecule has 0 saturated carbocycles. The van der Waals surface area contributed by atoms with Gasteiger partial charge in [-0.3, -0.25) is 4.57 Å². The van der Waals surface area contributed by atoms with E-state index in [-0.39, 0.29) is 22.9 Å². The van der Waals surface area contributed by atoms with Crippen LogP contribution >= 0.6 is 19.8 Å². The van der Waals surface area contributed by atoms with Crippen LogP contribution in [-0.4, -0.2) is 31.2 Å². The Morgan fingerprint density at radius 2 is 1.39 bits per heavy atom. The number of benzene rings is 5. The van der Waals surface area contributed by atoms with Crippen LogP contribution in [0, 0.1) is 5.82 Å². The van der Waals surface area contributed by atoms with Crippen molar-refractivity contribution in [2.75, 3.05) is 4.90 Å². The molecule has 1 unspecified atom stereocenters. The van der Waals surface area contributed by atoms with Gasteiger partial charge in [-0.2, -0.15) is 0 Å². The van der Waals surface area contributed by atoms with Crippen LogP contribution in [0.15, 0.2) is 121 Å². The predicted octanol–water partition coefficient (Wildman–Crippen LogP) is 6.99. The topological polar surface area (TPSA) is 113 Å². The van der Waals surface area contributed by atoms with E-state index in [4.69, 9.17) is 12.2 Å². The maximum atomic E-state index is 13.5. The van der Waals surface area contributed by atoms with E-state index in [9.17, 15) is 29.0 Å². The van der Waals surface area contributed by atoms with E-state index in [0.29, 0.717) is 40.2 Å². The summed E-state index contributed by atoms with van der Waals surface area (Å²) in [6.07, 6.45) is 0.0453. The van der Waals surface area contributed by atoms with Gasteiger partial charge in [0.05, 0.1) is 23.5 Å². The minimum Gasteiger partial charge on any atom is -0.508 e. The first-order valence-corrected chi connectivity index (χ1v) is 16.8.